The van der Waals surface area contributed by atoms with Gasteiger partial charge in [-0.3, -0.25) is 19.5 Å². The van der Waals surface area contributed by atoms with Crippen LogP contribution in [0.15, 0.2) is 42.7 Å². The molecule has 1 aromatic heterocycles. The van der Waals surface area contributed by atoms with E-state index in [-0.39, 0.29) is 34.9 Å². The molecule has 1 aliphatic rings. The average molecular weight is 424 g/mol. The molecule has 2 aromatic rings. The van der Waals surface area contributed by atoms with Crippen LogP contribution in [0.2, 0.25) is 5.02 Å². The van der Waals surface area contributed by atoms with Crippen LogP contribution in [0.3, 0.4) is 0 Å². The largest absolute Gasteiger partial charge is 0.366 e. The number of halogens is 2. The smallest absolute Gasteiger partial charge is 0.250 e. The standard InChI is InChI=1S/C19H22ClN5O2.ClH/c20-16-10-14(3-4-15(16)19(21)27)24-18(26)5-8-25-9-7-23-12-17(25)13-2-1-6-22-11-13;/h1-4,6,10-11,17,23H,5,7-9,12H2,(H2,21,27)(H,24,26);1H. The molecule has 9 heteroatoms. The number of pyridine rings is 1. The lowest BCUT2D eigenvalue weighted by molar-refractivity contribution is -0.116. The fourth-order valence-corrected chi connectivity index (χ4v) is 3.45. The zero-order chi connectivity index (χ0) is 19.2. The molecular formula is C19H23Cl2N5O2. The minimum Gasteiger partial charge on any atom is -0.366 e. The summed E-state index contributed by atoms with van der Waals surface area (Å²) in [6.45, 7) is 3.23. The number of hydrogen-bond acceptors (Lipinski definition) is 5. The van der Waals surface area contributed by atoms with Crippen LogP contribution in [0, 0.1) is 0 Å². The number of primary amides is 1. The van der Waals surface area contributed by atoms with E-state index in [0.29, 0.717) is 18.7 Å². The molecule has 0 aliphatic carbocycles. The van der Waals surface area contributed by atoms with Crippen molar-refractivity contribution in [2.24, 2.45) is 5.73 Å². The average Bonchev–Trinajstić information content (AvgIpc) is 2.67. The highest BCUT2D eigenvalue weighted by atomic mass is 35.5. The predicted octanol–water partition coefficient (Wildman–Crippen LogP) is 2.23. The first-order chi connectivity index (χ1) is 13.0. The van der Waals surface area contributed by atoms with Crippen LogP contribution >= 0.6 is 24.0 Å². The molecule has 0 spiro atoms. The van der Waals surface area contributed by atoms with Crippen molar-refractivity contribution in [1.29, 1.82) is 0 Å². The first kappa shape index (κ1) is 22.1. The van der Waals surface area contributed by atoms with Gasteiger partial charge in [0.15, 0.2) is 0 Å². The molecule has 1 unspecified atom stereocenters. The Labute approximate surface area is 175 Å². The van der Waals surface area contributed by atoms with E-state index in [1.54, 1.807) is 12.3 Å². The normalized spacial score (nSPS) is 16.8. The third-order valence-electron chi connectivity index (χ3n) is 4.57. The van der Waals surface area contributed by atoms with Gasteiger partial charge in [-0.2, -0.15) is 0 Å². The fraction of sp³-hybridized carbons (Fsp3) is 0.316. The second-order valence-electron chi connectivity index (χ2n) is 6.40. The Morgan fingerprint density at radius 2 is 2.18 bits per heavy atom. The van der Waals surface area contributed by atoms with E-state index >= 15 is 0 Å². The van der Waals surface area contributed by atoms with Gasteiger partial charge in [0.2, 0.25) is 11.8 Å². The van der Waals surface area contributed by atoms with E-state index in [1.807, 2.05) is 12.3 Å². The van der Waals surface area contributed by atoms with Crippen LogP contribution in [0.25, 0.3) is 0 Å². The van der Waals surface area contributed by atoms with Crippen molar-refractivity contribution in [2.45, 2.75) is 12.5 Å². The van der Waals surface area contributed by atoms with Crippen LogP contribution in [0.4, 0.5) is 5.69 Å². The lowest BCUT2D eigenvalue weighted by Crippen LogP contribution is -2.46. The number of nitrogens with zero attached hydrogens (tertiary/aromatic N) is 2. The molecular weight excluding hydrogens is 401 g/mol. The number of aromatic nitrogens is 1. The predicted molar refractivity (Wildman–Crippen MR) is 112 cm³/mol. The van der Waals surface area contributed by atoms with Crippen molar-refractivity contribution in [2.75, 3.05) is 31.5 Å². The number of nitrogens with one attached hydrogen (secondary N) is 2. The SMILES string of the molecule is Cl.NC(=O)c1ccc(NC(=O)CCN2CCNCC2c2cccnc2)cc1Cl. The molecule has 2 heterocycles. The molecule has 7 nitrogen and oxygen atoms in total. The number of benzene rings is 1. The van der Waals surface area contributed by atoms with Gasteiger partial charge in [0, 0.05) is 56.7 Å². The number of anilines is 1. The lowest BCUT2D eigenvalue weighted by atomic mass is 10.1. The molecule has 0 saturated carbocycles. The number of amides is 2. The Hall–Kier alpha value is -2.19. The molecule has 1 atom stereocenters. The molecule has 1 fully saturated rings. The molecule has 4 N–H and O–H groups in total. The van der Waals surface area contributed by atoms with Gasteiger partial charge in [0.25, 0.3) is 0 Å². The summed E-state index contributed by atoms with van der Waals surface area (Å²) in [6.07, 6.45) is 3.98. The molecule has 0 bridgehead atoms. The zero-order valence-electron chi connectivity index (χ0n) is 15.2. The van der Waals surface area contributed by atoms with E-state index in [2.05, 4.69) is 26.6 Å². The molecule has 3 rings (SSSR count). The van der Waals surface area contributed by atoms with Crippen LogP contribution in [-0.4, -0.2) is 47.9 Å². The molecule has 1 aliphatic heterocycles. The molecule has 0 radical (unpaired) electrons. The Morgan fingerprint density at radius 3 is 2.86 bits per heavy atom. The monoisotopic (exact) mass is 423 g/mol. The summed E-state index contributed by atoms with van der Waals surface area (Å²) in [4.78, 5) is 30.0. The number of hydrogen-bond donors (Lipinski definition) is 3. The van der Waals surface area contributed by atoms with Crippen molar-refractivity contribution in [3.8, 4) is 0 Å². The first-order valence-corrected chi connectivity index (χ1v) is 9.16. The quantitative estimate of drug-likeness (QED) is 0.661. The topological polar surface area (TPSA) is 100 Å². The second kappa shape index (κ2) is 10.4. The summed E-state index contributed by atoms with van der Waals surface area (Å²) < 4.78 is 0. The van der Waals surface area contributed by atoms with Crippen molar-refractivity contribution in [3.63, 3.8) is 0 Å². The third-order valence-corrected chi connectivity index (χ3v) is 4.88. The zero-order valence-corrected chi connectivity index (χ0v) is 16.8. The maximum absolute atomic E-state index is 12.3. The Balaban J connectivity index is 0.00000280. The summed E-state index contributed by atoms with van der Waals surface area (Å²) in [5, 5.41) is 6.42. The molecule has 1 aromatic carbocycles. The van der Waals surface area contributed by atoms with Crippen LogP contribution in [0.5, 0.6) is 0 Å². The van der Waals surface area contributed by atoms with Gasteiger partial charge in [-0.05, 0) is 29.8 Å². The number of rotatable bonds is 6. The van der Waals surface area contributed by atoms with Crippen LogP contribution in [-0.2, 0) is 4.79 Å². The highest BCUT2D eigenvalue weighted by molar-refractivity contribution is 6.34. The number of carbonyl (C=O) groups is 2. The minimum absolute atomic E-state index is 0. The van der Waals surface area contributed by atoms with Crippen molar-refractivity contribution >= 4 is 41.5 Å². The van der Waals surface area contributed by atoms with Gasteiger partial charge < -0.3 is 16.4 Å². The summed E-state index contributed by atoms with van der Waals surface area (Å²) >= 11 is 6.02. The molecule has 28 heavy (non-hydrogen) atoms. The fourth-order valence-electron chi connectivity index (χ4n) is 3.18. The van der Waals surface area contributed by atoms with Gasteiger partial charge in [-0.1, -0.05) is 17.7 Å². The highest BCUT2D eigenvalue weighted by Gasteiger charge is 2.24. The Kier molecular flexibility index (Phi) is 8.19. The van der Waals surface area contributed by atoms with Gasteiger partial charge in [-0.15, -0.1) is 12.4 Å². The van der Waals surface area contributed by atoms with E-state index in [0.717, 1.165) is 25.2 Å². The van der Waals surface area contributed by atoms with Crippen molar-refractivity contribution in [3.05, 3.63) is 58.9 Å². The number of nitrogens with two attached hydrogens (primary N) is 1. The lowest BCUT2D eigenvalue weighted by Gasteiger charge is -2.36. The van der Waals surface area contributed by atoms with E-state index in [9.17, 15) is 9.59 Å². The summed E-state index contributed by atoms with van der Waals surface area (Å²) in [6, 6.07) is 8.84. The first-order valence-electron chi connectivity index (χ1n) is 8.78. The molecule has 150 valence electrons. The summed E-state index contributed by atoms with van der Waals surface area (Å²) in [5.41, 5.74) is 7.14. The third kappa shape index (κ3) is 5.65. The summed E-state index contributed by atoms with van der Waals surface area (Å²) in [5.74, 6) is -0.709. The van der Waals surface area contributed by atoms with E-state index in [1.165, 1.54) is 12.1 Å². The van der Waals surface area contributed by atoms with Crippen molar-refractivity contribution < 1.29 is 9.59 Å². The van der Waals surface area contributed by atoms with E-state index < -0.39 is 5.91 Å². The van der Waals surface area contributed by atoms with Gasteiger partial charge in [-0.25, -0.2) is 0 Å². The highest BCUT2D eigenvalue weighted by Crippen LogP contribution is 2.23. The van der Waals surface area contributed by atoms with Crippen LogP contribution in [0.1, 0.15) is 28.4 Å². The van der Waals surface area contributed by atoms with Gasteiger partial charge in [0.1, 0.15) is 0 Å². The second-order valence-corrected chi connectivity index (χ2v) is 6.81. The number of piperazine rings is 1. The van der Waals surface area contributed by atoms with Crippen molar-refractivity contribution in [1.82, 2.24) is 15.2 Å². The Morgan fingerprint density at radius 1 is 1.36 bits per heavy atom. The van der Waals surface area contributed by atoms with Gasteiger partial charge in [0.05, 0.1) is 10.6 Å². The summed E-state index contributed by atoms with van der Waals surface area (Å²) in [7, 11) is 0. The van der Waals surface area contributed by atoms with Crippen LogP contribution < -0.4 is 16.4 Å². The Bertz CT molecular complexity index is 819. The molecule has 1 saturated heterocycles. The molecule has 2 amide bonds. The number of carbonyl (C=O) groups excluding carboxylic acids is 2. The minimum atomic E-state index is -0.599. The van der Waals surface area contributed by atoms with Gasteiger partial charge >= 0.3 is 0 Å². The van der Waals surface area contributed by atoms with E-state index in [4.69, 9.17) is 17.3 Å². The maximum atomic E-state index is 12.3. The maximum Gasteiger partial charge on any atom is 0.250 e.